The van der Waals surface area contributed by atoms with Gasteiger partial charge in [-0.15, -0.1) is 0 Å². The number of nitrogens with one attached hydrogen (secondary N) is 3. The summed E-state index contributed by atoms with van der Waals surface area (Å²) in [5, 5.41) is 11.5. The van der Waals surface area contributed by atoms with Gasteiger partial charge in [0.15, 0.2) is 23.0 Å². The van der Waals surface area contributed by atoms with Crippen LogP contribution in [-0.2, 0) is 30.9 Å². The van der Waals surface area contributed by atoms with Crippen molar-refractivity contribution in [2.45, 2.75) is 154 Å². The van der Waals surface area contributed by atoms with E-state index >= 15 is 0 Å². The molecule has 3 amide bonds. The van der Waals surface area contributed by atoms with Crippen molar-refractivity contribution in [2.75, 3.05) is 79.9 Å². The second-order valence-electron chi connectivity index (χ2n) is 25.4. The van der Waals surface area contributed by atoms with Crippen molar-refractivity contribution in [2.24, 2.45) is 0 Å². The number of methoxy groups -OCH3 is 2. The maximum absolute atomic E-state index is 13.5. The SMILES string of the molecule is COc1ccc2c(C(=O)NC3CCCC3)cc(=O)n(CCN3CCC(N(Cc4ccc5c(c4)OCCO5)C(=O)OC(C)(C)C)CC3)c2c1.COc1ccc2c(C(=O)NC3CCCC3)cc(=O)n(CCN3CCC(NCc4ccc5c(c4)OCCO5)CC3)c2c1. The van der Waals surface area contributed by atoms with Gasteiger partial charge in [0.1, 0.15) is 43.5 Å². The Morgan fingerprint density at radius 1 is 0.528 bits per heavy atom. The number of likely N-dealkylation sites (tertiary alicyclic amines) is 2. The number of nitrogens with zero attached hydrogens (tertiary/aromatic N) is 5. The highest BCUT2D eigenvalue weighted by molar-refractivity contribution is 6.07. The molecule has 2 saturated heterocycles. The molecular weight excluding hydrogens is 1130 g/mol. The lowest BCUT2D eigenvalue weighted by atomic mass is 10.0. The number of piperidine rings is 2. The van der Waals surface area contributed by atoms with E-state index < -0.39 is 5.60 Å². The second kappa shape index (κ2) is 28.8. The maximum atomic E-state index is 13.5. The lowest BCUT2D eigenvalue weighted by Crippen LogP contribution is -2.49. The minimum absolute atomic E-state index is 0.00484. The van der Waals surface area contributed by atoms with Crippen molar-refractivity contribution in [3.63, 3.8) is 0 Å². The molecule has 20 nitrogen and oxygen atoms in total. The third kappa shape index (κ3) is 15.8. The van der Waals surface area contributed by atoms with Crippen LogP contribution in [0.4, 0.5) is 4.79 Å². The maximum Gasteiger partial charge on any atom is 0.410 e. The molecule has 4 aromatic carbocycles. The van der Waals surface area contributed by atoms with Crippen LogP contribution in [0.15, 0.2) is 94.5 Å². The molecule has 0 radical (unpaired) electrons. The molecule has 476 valence electrons. The van der Waals surface area contributed by atoms with E-state index in [2.05, 4.69) is 37.9 Å². The number of hydrogen-bond donors (Lipinski definition) is 3. The molecule has 4 fully saturated rings. The predicted octanol–water partition coefficient (Wildman–Crippen LogP) is 9.06. The van der Waals surface area contributed by atoms with Gasteiger partial charge in [-0.2, -0.15) is 0 Å². The molecule has 0 atom stereocenters. The molecule has 6 heterocycles. The Morgan fingerprint density at radius 3 is 1.45 bits per heavy atom. The van der Waals surface area contributed by atoms with Gasteiger partial charge < -0.3 is 72.9 Å². The van der Waals surface area contributed by atoms with Crippen molar-refractivity contribution in [3.8, 4) is 34.5 Å². The summed E-state index contributed by atoms with van der Waals surface area (Å²) in [5.41, 5.74) is 3.44. The molecule has 12 rings (SSSR count). The van der Waals surface area contributed by atoms with Crippen LogP contribution in [-0.4, -0.2) is 151 Å². The van der Waals surface area contributed by atoms with Gasteiger partial charge in [-0.3, -0.25) is 19.2 Å². The molecule has 6 aromatic rings. The average Bonchev–Trinajstić information content (AvgIpc) is 2.21. The number of carbonyl (C=O) groups excluding carboxylic acids is 3. The van der Waals surface area contributed by atoms with Crippen LogP contribution < -0.4 is 55.5 Å². The van der Waals surface area contributed by atoms with Crippen molar-refractivity contribution in [1.29, 1.82) is 0 Å². The van der Waals surface area contributed by atoms with Crippen molar-refractivity contribution >= 4 is 39.7 Å². The van der Waals surface area contributed by atoms with Gasteiger partial charge in [-0.1, -0.05) is 37.8 Å². The van der Waals surface area contributed by atoms with Gasteiger partial charge in [0.25, 0.3) is 22.9 Å². The number of ether oxygens (including phenoxy) is 7. The summed E-state index contributed by atoms with van der Waals surface area (Å²) in [6.07, 6.45) is 11.7. The minimum Gasteiger partial charge on any atom is -0.497 e. The molecule has 0 bridgehead atoms. The van der Waals surface area contributed by atoms with E-state index in [4.69, 9.17) is 33.2 Å². The van der Waals surface area contributed by atoms with Crippen LogP contribution in [0, 0.1) is 0 Å². The normalized spacial score (nSPS) is 17.7. The number of amides is 3. The molecule has 6 aliphatic rings. The molecule has 3 N–H and O–H groups in total. The first-order chi connectivity index (χ1) is 43.1. The molecule has 20 heteroatoms. The van der Waals surface area contributed by atoms with E-state index in [0.717, 1.165) is 155 Å². The third-order valence-electron chi connectivity index (χ3n) is 18.2. The molecule has 4 aliphatic heterocycles. The van der Waals surface area contributed by atoms with Crippen molar-refractivity contribution < 1.29 is 47.5 Å². The highest BCUT2D eigenvalue weighted by Gasteiger charge is 2.33. The fraction of sp³-hybridized carbons (Fsp3) is 0.522. The van der Waals surface area contributed by atoms with E-state index in [1.165, 1.54) is 17.7 Å². The van der Waals surface area contributed by atoms with Gasteiger partial charge in [0, 0.05) is 112 Å². The average molecular weight is 1220 g/mol. The van der Waals surface area contributed by atoms with Gasteiger partial charge in [-0.25, -0.2) is 4.79 Å². The number of pyridine rings is 2. The first-order valence-electron chi connectivity index (χ1n) is 32.1. The quantitative estimate of drug-likeness (QED) is 0.0734. The fourth-order valence-corrected chi connectivity index (χ4v) is 13.3. The van der Waals surface area contributed by atoms with Crippen LogP contribution in [0.3, 0.4) is 0 Å². The Bertz CT molecular complexity index is 3590. The van der Waals surface area contributed by atoms with Crippen LogP contribution in [0.25, 0.3) is 21.8 Å². The Morgan fingerprint density at radius 2 is 0.978 bits per heavy atom. The van der Waals surface area contributed by atoms with Gasteiger partial charge in [-0.05, 0) is 145 Å². The fourth-order valence-electron chi connectivity index (χ4n) is 13.3. The summed E-state index contributed by atoms with van der Waals surface area (Å²) in [6, 6.07) is 26.9. The number of rotatable bonds is 18. The topological polar surface area (TPSA) is 206 Å². The van der Waals surface area contributed by atoms with Crippen molar-refractivity contribution in [3.05, 3.63) is 128 Å². The van der Waals surface area contributed by atoms with E-state index in [1.807, 2.05) is 86.3 Å². The Balaban J connectivity index is 0.000000186. The van der Waals surface area contributed by atoms with E-state index in [0.29, 0.717) is 92.5 Å². The minimum atomic E-state index is -0.617. The molecule has 2 aliphatic carbocycles. The summed E-state index contributed by atoms with van der Waals surface area (Å²) in [6.45, 7) is 15.0. The standard InChI is InChI=1S/C37H48N4O7.C32H40N4O5/c1-37(2,3)48-36(44)41(24-25-9-12-32-33(21-25)47-20-19-46-32)27-13-15-39(16-14-27)17-18-40-31-22-28(45-4)10-11-29(31)30(23-34(40)42)35(43)38-26-7-5-6-8-26;1-39-25-7-8-26-27(32(38)34-24-4-2-3-5-24)20-31(37)36(28(26)19-25)15-14-35-12-10-23(11-13-35)33-21-22-6-9-29-30(18-22)41-17-16-40-29/h9-12,21-23,26-27H,5-8,13-20,24H2,1-4H3,(H,38,43);6-9,18-20,23-24,33H,2-5,10-17,21H2,1H3,(H,34,38). The van der Waals surface area contributed by atoms with E-state index in [-0.39, 0.29) is 47.2 Å². The first-order valence-corrected chi connectivity index (χ1v) is 32.1. The van der Waals surface area contributed by atoms with Crippen molar-refractivity contribution in [1.82, 2.24) is 39.8 Å². The van der Waals surface area contributed by atoms with Crippen LogP contribution in [0.1, 0.15) is 130 Å². The molecule has 0 unspecified atom stereocenters. The van der Waals surface area contributed by atoms with Crippen LogP contribution >= 0.6 is 0 Å². The zero-order valence-electron chi connectivity index (χ0n) is 52.4. The van der Waals surface area contributed by atoms with Crippen LogP contribution in [0.2, 0.25) is 0 Å². The predicted molar refractivity (Wildman–Crippen MR) is 341 cm³/mol. The summed E-state index contributed by atoms with van der Waals surface area (Å²) in [5.74, 6) is 3.99. The number of aromatic nitrogens is 2. The second-order valence-corrected chi connectivity index (χ2v) is 25.4. The number of fused-ring (bicyclic) bond motifs is 4. The summed E-state index contributed by atoms with van der Waals surface area (Å²) < 4.78 is 43.1. The summed E-state index contributed by atoms with van der Waals surface area (Å²) >= 11 is 0. The first kappa shape index (κ1) is 62.8. The smallest absolute Gasteiger partial charge is 0.410 e. The Labute approximate surface area is 521 Å². The van der Waals surface area contributed by atoms with Gasteiger partial charge >= 0.3 is 6.09 Å². The van der Waals surface area contributed by atoms with Gasteiger partial charge in [0.05, 0.1) is 36.4 Å². The summed E-state index contributed by atoms with van der Waals surface area (Å²) in [7, 11) is 3.21. The highest BCUT2D eigenvalue weighted by Crippen LogP contribution is 2.34. The molecule has 89 heavy (non-hydrogen) atoms. The Kier molecular flexibility index (Phi) is 20.3. The molecule has 2 aromatic heterocycles. The molecular formula is C69H88N8O12. The molecule has 2 saturated carbocycles. The monoisotopic (exact) mass is 1220 g/mol. The van der Waals surface area contributed by atoms with Gasteiger partial charge in [0.2, 0.25) is 0 Å². The van der Waals surface area contributed by atoms with E-state index in [9.17, 15) is 24.0 Å². The lowest BCUT2D eigenvalue weighted by molar-refractivity contribution is 0.00560. The highest BCUT2D eigenvalue weighted by atomic mass is 16.6. The number of benzene rings is 4. The molecule has 0 spiro atoms. The zero-order valence-corrected chi connectivity index (χ0v) is 52.4. The largest absolute Gasteiger partial charge is 0.497 e. The number of carbonyl (C=O) groups is 3. The lowest BCUT2D eigenvalue weighted by Gasteiger charge is -2.39. The zero-order chi connectivity index (χ0) is 62.0. The number of hydrogen-bond acceptors (Lipinski definition) is 15. The summed E-state index contributed by atoms with van der Waals surface area (Å²) in [4.78, 5) is 73.3. The van der Waals surface area contributed by atoms with E-state index in [1.54, 1.807) is 23.4 Å². The Hall–Kier alpha value is -7.81. The van der Waals surface area contributed by atoms with Crippen LogP contribution in [0.5, 0.6) is 34.5 Å². The third-order valence-corrected chi connectivity index (χ3v) is 18.2.